The maximum Gasteiger partial charge on any atom is 0.311 e. The lowest BCUT2D eigenvalue weighted by Crippen LogP contribution is -2.10. The third-order valence-electron chi connectivity index (χ3n) is 2.87. The van der Waals surface area contributed by atoms with Gasteiger partial charge in [0.2, 0.25) is 0 Å². The van der Waals surface area contributed by atoms with Crippen molar-refractivity contribution in [1.82, 2.24) is 15.0 Å². The maximum absolute atomic E-state index is 10.7. The van der Waals surface area contributed by atoms with Gasteiger partial charge < -0.3 is 5.11 Å². The Hall–Kier alpha value is -2.30. The Balaban J connectivity index is 2.09. The SMILES string of the molecule is Cc1cccc(CCc2nc(C)nc(CC(=O)O)n2)c1. The zero-order chi connectivity index (χ0) is 14.5. The summed E-state index contributed by atoms with van der Waals surface area (Å²) in [5, 5.41) is 8.79. The highest BCUT2D eigenvalue weighted by Crippen LogP contribution is 2.07. The Kier molecular flexibility index (Phi) is 4.40. The molecule has 1 aromatic carbocycles. The molecule has 0 saturated carbocycles. The fourth-order valence-corrected chi connectivity index (χ4v) is 2.05. The minimum absolute atomic E-state index is 0.166. The molecular formula is C15H17N3O2. The largest absolute Gasteiger partial charge is 0.481 e. The molecule has 1 N–H and O–H groups in total. The van der Waals surface area contributed by atoms with Crippen molar-refractivity contribution < 1.29 is 9.90 Å². The highest BCUT2D eigenvalue weighted by Gasteiger charge is 2.08. The number of benzene rings is 1. The second-order valence-electron chi connectivity index (χ2n) is 4.77. The van der Waals surface area contributed by atoms with Gasteiger partial charge in [0.25, 0.3) is 0 Å². The second-order valence-corrected chi connectivity index (χ2v) is 4.77. The van der Waals surface area contributed by atoms with Gasteiger partial charge in [-0.2, -0.15) is 0 Å². The lowest BCUT2D eigenvalue weighted by atomic mass is 10.1. The van der Waals surface area contributed by atoms with E-state index >= 15 is 0 Å². The second kappa shape index (κ2) is 6.23. The summed E-state index contributed by atoms with van der Waals surface area (Å²) < 4.78 is 0. The van der Waals surface area contributed by atoms with Crippen LogP contribution in [0.3, 0.4) is 0 Å². The standard InChI is InChI=1S/C15H17N3O2/c1-10-4-3-5-12(8-10)6-7-13-16-11(2)17-14(18-13)9-15(19)20/h3-5,8H,6-7,9H2,1-2H3,(H,19,20). The molecule has 0 bridgehead atoms. The summed E-state index contributed by atoms with van der Waals surface area (Å²) in [5.74, 6) is 0.607. The van der Waals surface area contributed by atoms with Crippen molar-refractivity contribution in [3.05, 3.63) is 52.9 Å². The molecule has 2 aromatic rings. The predicted molar refractivity (Wildman–Crippen MR) is 74.5 cm³/mol. The van der Waals surface area contributed by atoms with Gasteiger partial charge in [0, 0.05) is 6.42 Å². The smallest absolute Gasteiger partial charge is 0.311 e. The molecule has 0 aliphatic rings. The van der Waals surface area contributed by atoms with Crippen molar-refractivity contribution in [2.24, 2.45) is 0 Å². The van der Waals surface area contributed by atoms with Gasteiger partial charge in [-0.15, -0.1) is 0 Å². The highest BCUT2D eigenvalue weighted by atomic mass is 16.4. The van der Waals surface area contributed by atoms with E-state index in [1.54, 1.807) is 6.92 Å². The fourth-order valence-electron chi connectivity index (χ4n) is 2.05. The molecule has 0 fully saturated rings. The van der Waals surface area contributed by atoms with Gasteiger partial charge in [-0.3, -0.25) is 4.79 Å². The number of aryl methyl sites for hydroxylation is 4. The van der Waals surface area contributed by atoms with Crippen LogP contribution in [-0.2, 0) is 24.1 Å². The van der Waals surface area contributed by atoms with Gasteiger partial charge in [-0.05, 0) is 25.8 Å². The maximum atomic E-state index is 10.7. The number of rotatable bonds is 5. The van der Waals surface area contributed by atoms with E-state index in [-0.39, 0.29) is 6.42 Å². The van der Waals surface area contributed by atoms with Crippen LogP contribution in [0.2, 0.25) is 0 Å². The third kappa shape index (κ3) is 4.12. The van der Waals surface area contributed by atoms with Crippen molar-refractivity contribution >= 4 is 5.97 Å². The van der Waals surface area contributed by atoms with Gasteiger partial charge in [-0.1, -0.05) is 29.8 Å². The minimum Gasteiger partial charge on any atom is -0.481 e. The van der Waals surface area contributed by atoms with Crippen LogP contribution in [-0.4, -0.2) is 26.0 Å². The molecule has 20 heavy (non-hydrogen) atoms. The molecule has 0 aliphatic heterocycles. The molecule has 104 valence electrons. The normalized spacial score (nSPS) is 10.5. The molecule has 0 spiro atoms. The predicted octanol–water partition coefficient (Wildman–Crippen LogP) is 1.90. The van der Waals surface area contributed by atoms with E-state index in [2.05, 4.69) is 40.1 Å². The van der Waals surface area contributed by atoms with Crippen LogP contribution >= 0.6 is 0 Å². The molecule has 1 heterocycles. The average Bonchev–Trinajstić information content (AvgIpc) is 2.35. The number of carbonyl (C=O) groups is 1. The van der Waals surface area contributed by atoms with E-state index in [1.165, 1.54) is 11.1 Å². The summed E-state index contributed by atoms with van der Waals surface area (Å²) in [7, 11) is 0. The Bertz CT molecular complexity index is 626. The number of aromatic nitrogens is 3. The first-order valence-corrected chi connectivity index (χ1v) is 6.50. The summed E-state index contributed by atoms with van der Waals surface area (Å²) in [6, 6.07) is 8.28. The topological polar surface area (TPSA) is 76.0 Å². The van der Waals surface area contributed by atoms with Crippen molar-refractivity contribution in [3.8, 4) is 0 Å². The summed E-state index contributed by atoms with van der Waals surface area (Å²) >= 11 is 0. The van der Waals surface area contributed by atoms with Crippen LogP contribution in [0.25, 0.3) is 0 Å². The summed E-state index contributed by atoms with van der Waals surface area (Å²) in [6.45, 7) is 3.81. The Labute approximate surface area is 117 Å². The summed E-state index contributed by atoms with van der Waals surface area (Å²) in [6.07, 6.45) is 1.35. The number of hydrogen-bond acceptors (Lipinski definition) is 4. The van der Waals surface area contributed by atoms with Crippen LogP contribution in [0.4, 0.5) is 0 Å². The molecule has 5 heteroatoms. The molecule has 0 unspecified atom stereocenters. The number of hydrogen-bond donors (Lipinski definition) is 1. The molecule has 0 saturated heterocycles. The van der Waals surface area contributed by atoms with Gasteiger partial charge in [0.05, 0.1) is 0 Å². The zero-order valence-corrected chi connectivity index (χ0v) is 11.6. The molecule has 0 radical (unpaired) electrons. The van der Waals surface area contributed by atoms with Crippen molar-refractivity contribution in [3.63, 3.8) is 0 Å². The van der Waals surface area contributed by atoms with Crippen LogP contribution < -0.4 is 0 Å². The minimum atomic E-state index is -0.930. The van der Waals surface area contributed by atoms with Gasteiger partial charge in [0.1, 0.15) is 23.9 Å². The molecule has 0 amide bonds. The van der Waals surface area contributed by atoms with E-state index in [1.807, 2.05) is 6.07 Å². The van der Waals surface area contributed by atoms with Crippen LogP contribution in [0.1, 0.15) is 28.6 Å². The molecule has 5 nitrogen and oxygen atoms in total. The van der Waals surface area contributed by atoms with Crippen LogP contribution in [0.15, 0.2) is 24.3 Å². The van der Waals surface area contributed by atoms with E-state index in [9.17, 15) is 4.79 Å². The fraction of sp³-hybridized carbons (Fsp3) is 0.333. The Morgan fingerprint density at radius 3 is 2.55 bits per heavy atom. The lowest BCUT2D eigenvalue weighted by molar-refractivity contribution is -0.136. The first kappa shape index (κ1) is 14.1. The molecule has 1 aromatic heterocycles. The molecule has 2 rings (SSSR count). The van der Waals surface area contributed by atoms with E-state index in [4.69, 9.17) is 5.11 Å². The number of carboxylic acids is 1. The molecular weight excluding hydrogens is 254 g/mol. The summed E-state index contributed by atoms with van der Waals surface area (Å²) in [5.41, 5.74) is 2.45. The van der Waals surface area contributed by atoms with Crippen LogP contribution in [0, 0.1) is 13.8 Å². The highest BCUT2D eigenvalue weighted by molar-refractivity contribution is 5.68. The quantitative estimate of drug-likeness (QED) is 0.898. The van der Waals surface area contributed by atoms with E-state index < -0.39 is 5.97 Å². The first-order chi connectivity index (χ1) is 9.52. The Morgan fingerprint density at radius 1 is 1.10 bits per heavy atom. The van der Waals surface area contributed by atoms with Gasteiger partial charge in [0.15, 0.2) is 0 Å². The van der Waals surface area contributed by atoms with Gasteiger partial charge >= 0.3 is 5.97 Å². The van der Waals surface area contributed by atoms with Crippen LogP contribution in [0.5, 0.6) is 0 Å². The van der Waals surface area contributed by atoms with Crippen molar-refractivity contribution in [2.75, 3.05) is 0 Å². The van der Waals surface area contributed by atoms with Crippen molar-refractivity contribution in [1.29, 1.82) is 0 Å². The van der Waals surface area contributed by atoms with Gasteiger partial charge in [-0.25, -0.2) is 15.0 Å². The first-order valence-electron chi connectivity index (χ1n) is 6.50. The number of nitrogens with zero attached hydrogens (tertiary/aromatic N) is 3. The molecule has 0 atom stereocenters. The zero-order valence-electron chi connectivity index (χ0n) is 11.6. The Morgan fingerprint density at radius 2 is 1.85 bits per heavy atom. The monoisotopic (exact) mass is 271 g/mol. The number of carboxylic acid groups (broad SMARTS) is 1. The summed E-state index contributed by atoms with van der Waals surface area (Å²) in [4.78, 5) is 23.2. The lowest BCUT2D eigenvalue weighted by Gasteiger charge is -2.05. The van der Waals surface area contributed by atoms with E-state index in [0.29, 0.717) is 23.9 Å². The average molecular weight is 271 g/mol. The molecule has 0 aliphatic carbocycles. The third-order valence-corrected chi connectivity index (χ3v) is 2.87. The number of aliphatic carboxylic acids is 1. The van der Waals surface area contributed by atoms with E-state index in [0.717, 1.165) is 6.42 Å². The van der Waals surface area contributed by atoms with Crippen molar-refractivity contribution in [2.45, 2.75) is 33.1 Å².